The van der Waals surface area contributed by atoms with Crippen molar-refractivity contribution < 1.29 is 0 Å². The SMILES string of the molecule is c1ccc(-c2cc(-c3ccccc3)cc(N3c4cccc5c4B(c4cc(-c6ccccc6)cc(-c6ccccc6)c43)n3c4ccccc4c4cccc-5c43)c2)cc1. The number of fused-ring (bicyclic) bond motifs is 7. The Morgan fingerprint density at radius 2 is 0.877 bits per heavy atom. The van der Waals surface area contributed by atoms with Crippen molar-refractivity contribution >= 4 is 56.6 Å². The van der Waals surface area contributed by atoms with Crippen LogP contribution < -0.4 is 15.8 Å². The molecule has 0 amide bonds. The lowest BCUT2D eigenvalue weighted by Gasteiger charge is -2.42. The Morgan fingerprint density at radius 1 is 0.351 bits per heavy atom. The highest BCUT2D eigenvalue weighted by molar-refractivity contribution is 6.90. The van der Waals surface area contributed by atoms with Crippen molar-refractivity contribution in [1.29, 1.82) is 0 Å². The van der Waals surface area contributed by atoms with Crippen LogP contribution in [0.25, 0.3) is 77.4 Å². The zero-order valence-electron chi connectivity index (χ0n) is 31.2. The third-order valence-corrected chi connectivity index (χ3v) is 12.1. The Labute approximate surface area is 332 Å². The fraction of sp³-hybridized carbons (Fsp3) is 0. The molecule has 0 N–H and O–H groups in total. The van der Waals surface area contributed by atoms with Gasteiger partial charge in [0.1, 0.15) is 0 Å². The molecule has 12 rings (SSSR count). The first kappa shape index (κ1) is 31.9. The third kappa shape index (κ3) is 4.86. The van der Waals surface area contributed by atoms with Crippen LogP contribution in [0.4, 0.5) is 17.1 Å². The largest absolute Gasteiger partial charge is 0.375 e. The summed E-state index contributed by atoms with van der Waals surface area (Å²) in [6, 6.07) is 78.3. The summed E-state index contributed by atoms with van der Waals surface area (Å²) in [6.45, 7) is -0.0585. The number of anilines is 3. The van der Waals surface area contributed by atoms with Crippen LogP contribution in [0.15, 0.2) is 212 Å². The summed E-state index contributed by atoms with van der Waals surface area (Å²) in [6.07, 6.45) is 0. The molecule has 1 aromatic heterocycles. The molecule has 9 aromatic carbocycles. The van der Waals surface area contributed by atoms with Crippen LogP contribution in [-0.4, -0.2) is 11.3 Å². The summed E-state index contributed by atoms with van der Waals surface area (Å²) < 4.78 is 2.65. The molecule has 0 spiro atoms. The second-order valence-corrected chi connectivity index (χ2v) is 15.3. The van der Waals surface area contributed by atoms with Gasteiger partial charge in [-0.3, -0.25) is 0 Å². The van der Waals surface area contributed by atoms with E-state index in [1.165, 1.54) is 99.7 Å². The van der Waals surface area contributed by atoms with Gasteiger partial charge in [0.15, 0.2) is 0 Å². The highest BCUT2D eigenvalue weighted by Gasteiger charge is 2.43. The van der Waals surface area contributed by atoms with Gasteiger partial charge in [-0.15, -0.1) is 0 Å². The molecule has 10 aromatic rings. The minimum Gasteiger partial charge on any atom is -0.375 e. The topological polar surface area (TPSA) is 8.17 Å². The molecule has 2 aliphatic heterocycles. The predicted molar refractivity (Wildman–Crippen MR) is 242 cm³/mol. The van der Waals surface area contributed by atoms with E-state index in [0.717, 1.165) is 5.69 Å². The summed E-state index contributed by atoms with van der Waals surface area (Å²) in [5, 5.41) is 2.59. The monoisotopic (exact) mass is 722 g/mol. The lowest BCUT2D eigenvalue weighted by atomic mass is 9.44. The Morgan fingerprint density at radius 3 is 1.53 bits per heavy atom. The van der Waals surface area contributed by atoms with Crippen LogP contribution in [0.3, 0.4) is 0 Å². The number of aromatic nitrogens is 1. The van der Waals surface area contributed by atoms with Gasteiger partial charge in [-0.05, 0) is 91.8 Å². The highest BCUT2D eigenvalue weighted by atomic mass is 15.2. The summed E-state index contributed by atoms with van der Waals surface area (Å²) in [4.78, 5) is 2.58. The van der Waals surface area contributed by atoms with E-state index in [-0.39, 0.29) is 6.85 Å². The molecule has 0 aliphatic carbocycles. The van der Waals surface area contributed by atoms with Crippen LogP contribution in [0.5, 0.6) is 0 Å². The van der Waals surface area contributed by atoms with Crippen LogP contribution in [0.1, 0.15) is 0 Å². The molecule has 0 saturated carbocycles. The maximum Gasteiger partial charge on any atom is 0.333 e. The van der Waals surface area contributed by atoms with Crippen molar-refractivity contribution in [2.24, 2.45) is 0 Å². The zero-order chi connectivity index (χ0) is 37.5. The van der Waals surface area contributed by atoms with E-state index in [0.29, 0.717) is 0 Å². The molecular weight excluding hydrogens is 687 g/mol. The second-order valence-electron chi connectivity index (χ2n) is 15.3. The van der Waals surface area contributed by atoms with Gasteiger partial charge in [-0.2, -0.15) is 0 Å². The standard InChI is InChI=1S/C54H35BN2/c1-5-17-36(18-6-1)40-31-41(37-19-7-2-8-20-37)33-43(32-40)56-51-30-16-26-45-47-28-15-27-46-44-25-13-14-29-50(44)57(53(46)47)55(52(45)51)49-35-42(38-21-9-3-10-22-38)34-48(54(49)56)39-23-11-4-12-24-39/h1-35H. The lowest BCUT2D eigenvalue weighted by Crippen LogP contribution is -2.56. The number of benzene rings is 9. The minimum absolute atomic E-state index is 0.0585. The van der Waals surface area contributed by atoms with Crippen molar-refractivity contribution in [3.63, 3.8) is 0 Å². The Hall–Kier alpha value is -7.36. The van der Waals surface area contributed by atoms with E-state index in [4.69, 9.17) is 0 Å². The fourth-order valence-electron chi connectivity index (χ4n) is 9.71. The number of nitrogens with zero attached hydrogens (tertiary/aromatic N) is 2. The smallest absolute Gasteiger partial charge is 0.333 e. The van der Waals surface area contributed by atoms with Gasteiger partial charge in [-0.25, -0.2) is 0 Å². The van der Waals surface area contributed by atoms with Crippen LogP contribution in [-0.2, 0) is 0 Å². The minimum atomic E-state index is -0.0585. The number of para-hydroxylation sites is 2. The van der Waals surface area contributed by atoms with Crippen molar-refractivity contribution in [3.8, 4) is 55.6 Å². The zero-order valence-corrected chi connectivity index (χ0v) is 31.2. The Kier molecular flexibility index (Phi) is 7.06. The lowest BCUT2D eigenvalue weighted by molar-refractivity contribution is 1.25. The van der Waals surface area contributed by atoms with Crippen molar-refractivity contribution in [3.05, 3.63) is 212 Å². The second kappa shape index (κ2) is 12.6. The van der Waals surface area contributed by atoms with Gasteiger partial charge in [-0.1, -0.05) is 176 Å². The highest BCUT2D eigenvalue weighted by Crippen LogP contribution is 2.49. The molecule has 0 atom stereocenters. The third-order valence-electron chi connectivity index (χ3n) is 12.1. The average Bonchev–Trinajstić information content (AvgIpc) is 3.63. The molecule has 0 fully saturated rings. The summed E-state index contributed by atoms with van der Waals surface area (Å²) in [5.74, 6) is 0. The van der Waals surface area contributed by atoms with Crippen LogP contribution in [0, 0.1) is 0 Å². The van der Waals surface area contributed by atoms with Crippen LogP contribution >= 0.6 is 0 Å². The Bertz CT molecular complexity index is 3110. The van der Waals surface area contributed by atoms with Gasteiger partial charge < -0.3 is 9.38 Å². The molecule has 3 heterocycles. The van der Waals surface area contributed by atoms with Gasteiger partial charge in [0.25, 0.3) is 0 Å². The normalized spacial score (nSPS) is 12.5. The Balaban J connectivity index is 1.25. The molecule has 0 radical (unpaired) electrons. The van der Waals surface area contributed by atoms with E-state index in [1.54, 1.807) is 0 Å². The molecule has 57 heavy (non-hydrogen) atoms. The van der Waals surface area contributed by atoms with E-state index in [9.17, 15) is 0 Å². The molecule has 0 unspecified atom stereocenters. The first-order valence-electron chi connectivity index (χ1n) is 19.8. The quantitative estimate of drug-likeness (QED) is 0.161. The summed E-state index contributed by atoms with van der Waals surface area (Å²) in [5.41, 5.74) is 20.9. The fourth-order valence-corrected chi connectivity index (χ4v) is 9.71. The molecule has 0 saturated heterocycles. The van der Waals surface area contributed by atoms with Gasteiger partial charge in [0.05, 0.1) is 5.69 Å². The average molecular weight is 723 g/mol. The maximum absolute atomic E-state index is 2.65. The van der Waals surface area contributed by atoms with Crippen LogP contribution in [0.2, 0.25) is 0 Å². The van der Waals surface area contributed by atoms with E-state index in [2.05, 4.69) is 222 Å². The van der Waals surface area contributed by atoms with Crippen molar-refractivity contribution in [2.75, 3.05) is 4.90 Å². The van der Waals surface area contributed by atoms with Gasteiger partial charge in [0, 0.05) is 44.3 Å². The van der Waals surface area contributed by atoms with E-state index < -0.39 is 0 Å². The molecule has 264 valence electrons. The first-order valence-corrected chi connectivity index (χ1v) is 19.8. The van der Waals surface area contributed by atoms with E-state index in [1.807, 2.05) is 0 Å². The molecule has 2 nitrogen and oxygen atoms in total. The summed E-state index contributed by atoms with van der Waals surface area (Å²) >= 11 is 0. The van der Waals surface area contributed by atoms with Gasteiger partial charge in [0.2, 0.25) is 0 Å². The maximum atomic E-state index is 2.65. The molecule has 0 bridgehead atoms. The predicted octanol–water partition coefficient (Wildman–Crippen LogP) is 12.9. The number of hydrogen-bond donors (Lipinski definition) is 0. The first-order chi connectivity index (χ1) is 28.3. The van der Waals surface area contributed by atoms with E-state index >= 15 is 0 Å². The molecular formula is C54H35BN2. The van der Waals surface area contributed by atoms with Gasteiger partial charge >= 0.3 is 6.85 Å². The molecule has 2 aliphatic rings. The number of hydrogen-bond acceptors (Lipinski definition) is 1. The van der Waals surface area contributed by atoms with Crippen molar-refractivity contribution in [2.45, 2.75) is 0 Å². The number of rotatable bonds is 5. The van der Waals surface area contributed by atoms with Crippen molar-refractivity contribution in [1.82, 2.24) is 4.48 Å². The summed E-state index contributed by atoms with van der Waals surface area (Å²) in [7, 11) is 0. The molecule has 3 heteroatoms.